The largest absolute Gasteiger partial charge is 0.322 e. The standard InChI is InChI=1S/C21H16Cl2N2O3/c22-15-8-11-17(18(23)12-15)20(26)24-16-9-6-14(7-10-16)19(21(27)25-28)13-4-2-1-3-5-13/h1-12,19,28H,(H,24,26)(H,25,27). The maximum atomic E-state index is 12.4. The van der Waals surface area contributed by atoms with Crippen LogP contribution in [-0.2, 0) is 4.79 Å². The topological polar surface area (TPSA) is 78.4 Å². The van der Waals surface area contributed by atoms with Crippen molar-refractivity contribution in [2.24, 2.45) is 0 Å². The van der Waals surface area contributed by atoms with Crippen LogP contribution >= 0.6 is 23.2 Å². The number of benzene rings is 3. The van der Waals surface area contributed by atoms with Gasteiger partial charge in [0.1, 0.15) is 0 Å². The van der Waals surface area contributed by atoms with Gasteiger partial charge in [0.2, 0.25) is 0 Å². The summed E-state index contributed by atoms with van der Waals surface area (Å²) in [5, 5.41) is 12.5. The second-order valence-electron chi connectivity index (χ2n) is 6.02. The van der Waals surface area contributed by atoms with Crippen LogP contribution in [0.2, 0.25) is 10.0 Å². The molecule has 1 unspecified atom stereocenters. The Morgan fingerprint density at radius 3 is 2.11 bits per heavy atom. The molecule has 7 heteroatoms. The van der Waals surface area contributed by atoms with Gasteiger partial charge in [-0.15, -0.1) is 0 Å². The highest BCUT2D eigenvalue weighted by molar-refractivity contribution is 6.37. The van der Waals surface area contributed by atoms with Gasteiger partial charge in [-0.3, -0.25) is 14.8 Å². The average molecular weight is 415 g/mol. The minimum Gasteiger partial charge on any atom is -0.322 e. The molecule has 0 saturated carbocycles. The maximum absolute atomic E-state index is 12.4. The number of hydroxylamine groups is 1. The Kier molecular flexibility index (Phi) is 6.31. The van der Waals surface area contributed by atoms with Crippen molar-refractivity contribution in [3.63, 3.8) is 0 Å². The van der Waals surface area contributed by atoms with Crippen LogP contribution in [0.3, 0.4) is 0 Å². The molecular weight excluding hydrogens is 399 g/mol. The Bertz CT molecular complexity index is 992. The molecule has 0 aromatic heterocycles. The van der Waals surface area contributed by atoms with E-state index in [-0.39, 0.29) is 10.9 Å². The molecule has 2 amide bonds. The highest BCUT2D eigenvalue weighted by Crippen LogP contribution is 2.27. The van der Waals surface area contributed by atoms with Crippen LogP contribution < -0.4 is 10.8 Å². The zero-order valence-electron chi connectivity index (χ0n) is 14.5. The van der Waals surface area contributed by atoms with Crippen LogP contribution in [0.4, 0.5) is 5.69 Å². The van der Waals surface area contributed by atoms with E-state index in [2.05, 4.69) is 5.32 Å². The molecule has 142 valence electrons. The molecule has 5 nitrogen and oxygen atoms in total. The number of anilines is 1. The van der Waals surface area contributed by atoms with Crippen LogP contribution in [0.15, 0.2) is 72.8 Å². The van der Waals surface area contributed by atoms with E-state index in [0.29, 0.717) is 21.8 Å². The molecule has 0 saturated heterocycles. The van der Waals surface area contributed by atoms with Crippen molar-refractivity contribution in [2.75, 3.05) is 5.32 Å². The average Bonchev–Trinajstić information content (AvgIpc) is 2.70. The van der Waals surface area contributed by atoms with E-state index in [9.17, 15) is 9.59 Å². The van der Waals surface area contributed by atoms with E-state index >= 15 is 0 Å². The van der Waals surface area contributed by atoms with E-state index in [1.807, 2.05) is 18.2 Å². The lowest BCUT2D eigenvalue weighted by Gasteiger charge is -2.16. The Balaban J connectivity index is 1.82. The van der Waals surface area contributed by atoms with Gasteiger partial charge >= 0.3 is 0 Å². The van der Waals surface area contributed by atoms with Crippen molar-refractivity contribution < 1.29 is 14.8 Å². The van der Waals surface area contributed by atoms with Crippen LogP contribution in [0.5, 0.6) is 0 Å². The monoisotopic (exact) mass is 414 g/mol. The first-order chi connectivity index (χ1) is 13.5. The highest BCUT2D eigenvalue weighted by Gasteiger charge is 2.22. The third-order valence-corrected chi connectivity index (χ3v) is 4.73. The van der Waals surface area contributed by atoms with E-state index in [1.54, 1.807) is 54.0 Å². The zero-order chi connectivity index (χ0) is 20.1. The number of carbonyl (C=O) groups excluding carboxylic acids is 2. The molecule has 0 heterocycles. The van der Waals surface area contributed by atoms with Gasteiger partial charge in [0.15, 0.2) is 0 Å². The summed E-state index contributed by atoms with van der Waals surface area (Å²) in [6.45, 7) is 0. The molecule has 28 heavy (non-hydrogen) atoms. The van der Waals surface area contributed by atoms with E-state index in [4.69, 9.17) is 28.4 Å². The Morgan fingerprint density at radius 2 is 1.50 bits per heavy atom. The molecule has 0 spiro atoms. The third-order valence-electron chi connectivity index (χ3n) is 4.18. The first kappa shape index (κ1) is 19.9. The summed E-state index contributed by atoms with van der Waals surface area (Å²) in [5.41, 5.74) is 3.95. The summed E-state index contributed by atoms with van der Waals surface area (Å²) in [7, 11) is 0. The van der Waals surface area contributed by atoms with Gasteiger partial charge in [-0.05, 0) is 41.5 Å². The molecule has 0 aliphatic carbocycles. The van der Waals surface area contributed by atoms with Gasteiger partial charge in [0, 0.05) is 10.7 Å². The molecule has 0 aliphatic heterocycles. The zero-order valence-corrected chi connectivity index (χ0v) is 16.0. The normalized spacial score (nSPS) is 11.5. The molecule has 1 atom stereocenters. The van der Waals surface area contributed by atoms with Crippen molar-refractivity contribution >= 4 is 40.7 Å². The molecular formula is C21H16Cl2N2O3. The van der Waals surface area contributed by atoms with Gasteiger partial charge in [-0.1, -0.05) is 65.7 Å². The van der Waals surface area contributed by atoms with Gasteiger partial charge in [-0.2, -0.15) is 0 Å². The van der Waals surface area contributed by atoms with Gasteiger partial charge < -0.3 is 5.32 Å². The number of hydrogen-bond donors (Lipinski definition) is 3. The molecule has 0 bridgehead atoms. The van der Waals surface area contributed by atoms with Crippen molar-refractivity contribution in [3.05, 3.63) is 99.5 Å². The summed E-state index contributed by atoms with van der Waals surface area (Å²) in [6, 6.07) is 20.5. The molecule has 3 aromatic carbocycles. The predicted molar refractivity (Wildman–Crippen MR) is 109 cm³/mol. The number of hydrogen-bond acceptors (Lipinski definition) is 3. The molecule has 0 aliphatic rings. The molecule has 3 aromatic rings. The van der Waals surface area contributed by atoms with Crippen molar-refractivity contribution in [1.29, 1.82) is 0 Å². The summed E-state index contributed by atoms with van der Waals surface area (Å²) in [4.78, 5) is 24.6. The fraction of sp³-hybridized carbons (Fsp3) is 0.0476. The number of carbonyl (C=O) groups is 2. The summed E-state index contributed by atoms with van der Waals surface area (Å²) in [6.07, 6.45) is 0. The summed E-state index contributed by atoms with van der Waals surface area (Å²) < 4.78 is 0. The number of rotatable bonds is 5. The predicted octanol–water partition coefficient (Wildman–Crippen LogP) is 4.88. The molecule has 3 rings (SSSR count). The molecule has 0 radical (unpaired) electrons. The number of amides is 2. The fourth-order valence-corrected chi connectivity index (χ4v) is 3.33. The van der Waals surface area contributed by atoms with Gasteiger partial charge in [0.05, 0.1) is 16.5 Å². The first-order valence-electron chi connectivity index (χ1n) is 8.35. The summed E-state index contributed by atoms with van der Waals surface area (Å²) >= 11 is 11.9. The second-order valence-corrected chi connectivity index (χ2v) is 6.86. The van der Waals surface area contributed by atoms with Crippen LogP contribution in [-0.4, -0.2) is 17.0 Å². The van der Waals surface area contributed by atoms with Crippen molar-refractivity contribution in [1.82, 2.24) is 5.48 Å². The lowest BCUT2D eigenvalue weighted by molar-refractivity contribution is -0.129. The van der Waals surface area contributed by atoms with Crippen LogP contribution in [0.1, 0.15) is 27.4 Å². The van der Waals surface area contributed by atoms with Crippen molar-refractivity contribution in [2.45, 2.75) is 5.92 Å². The molecule has 0 fully saturated rings. The maximum Gasteiger partial charge on any atom is 0.257 e. The Hall–Kier alpha value is -2.86. The Labute approximate surface area is 171 Å². The lowest BCUT2D eigenvalue weighted by Crippen LogP contribution is -2.27. The highest BCUT2D eigenvalue weighted by atomic mass is 35.5. The van der Waals surface area contributed by atoms with E-state index < -0.39 is 11.8 Å². The van der Waals surface area contributed by atoms with Gasteiger partial charge in [0.25, 0.3) is 11.8 Å². The van der Waals surface area contributed by atoms with Crippen LogP contribution in [0.25, 0.3) is 0 Å². The van der Waals surface area contributed by atoms with E-state index in [0.717, 1.165) is 5.56 Å². The Morgan fingerprint density at radius 1 is 0.857 bits per heavy atom. The molecule has 3 N–H and O–H groups in total. The number of nitrogens with one attached hydrogen (secondary N) is 2. The van der Waals surface area contributed by atoms with Gasteiger partial charge in [-0.25, -0.2) is 5.48 Å². The fourth-order valence-electron chi connectivity index (χ4n) is 2.84. The van der Waals surface area contributed by atoms with Crippen molar-refractivity contribution in [3.8, 4) is 0 Å². The quantitative estimate of drug-likeness (QED) is 0.411. The van der Waals surface area contributed by atoms with E-state index in [1.165, 1.54) is 6.07 Å². The second kappa shape index (κ2) is 8.89. The summed E-state index contributed by atoms with van der Waals surface area (Å²) in [5.74, 6) is -1.60. The minimum atomic E-state index is -0.679. The smallest absolute Gasteiger partial charge is 0.257 e. The SMILES string of the molecule is O=C(Nc1ccc(C(C(=O)NO)c2ccccc2)cc1)c1ccc(Cl)cc1Cl. The first-order valence-corrected chi connectivity index (χ1v) is 9.10. The number of halogens is 2. The van der Waals surface area contributed by atoms with Crippen LogP contribution in [0, 0.1) is 0 Å². The minimum absolute atomic E-state index is 0.255. The third kappa shape index (κ3) is 4.51. The lowest BCUT2D eigenvalue weighted by atomic mass is 9.90.